The average Bonchev–Trinajstić information content (AvgIpc) is 2.92. The van der Waals surface area contributed by atoms with Crippen molar-refractivity contribution < 1.29 is 22.8 Å². The van der Waals surface area contributed by atoms with E-state index in [1.807, 2.05) is 6.92 Å². The Hall–Kier alpha value is -2.97. The number of hydrogen-bond donors (Lipinski definition) is 0. The lowest BCUT2D eigenvalue weighted by molar-refractivity contribution is -0.141. The molecule has 1 saturated heterocycles. The van der Waals surface area contributed by atoms with E-state index in [-0.39, 0.29) is 11.5 Å². The van der Waals surface area contributed by atoms with Crippen molar-refractivity contribution in [3.8, 4) is 0 Å². The molecule has 0 atom stereocenters. The van der Waals surface area contributed by atoms with Gasteiger partial charge in [-0.2, -0.15) is 13.2 Å². The van der Waals surface area contributed by atoms with E-state index in [0.717, 1.165) is 23.9 Å². The summed E-state index contributed by atoms with van der Waals surface area (Å²) in [5.74, 6) is -0.547. The molecule has 28 heavy (non-hydrogen) atoms. The Labute approximate surface area is 160 Å². The van der Waals surface area contributed by atoms with Crippen LogP contribution in [0.2, 0.25) is 0 Å². The molecule has 3 heterocycles. The number of aryl methyl sites for hydroxylation is 1. The molecule has 0 spiro atoms. The summed E-state index contributed by atoms with van der Waals surface area (Å²) >= 11 is 0. The van der Waals surface area contributed by atoms with Crippen LogP contribution in [0, 0.1) is 6.92 Å². The van der Waals surface area contributed by atoms with Crippen LogP contribution in [0.3, 0.4) is 0 Å². The van der Waals surface area contributed by atoms with Gasteiger partial charge in [0.25, 0.3) is 11.8 Å². The van der Waals surface area contributed by atoms with Crippen molar-refractivity contribution in [2.75, 3.05) is 26.2 Å². The standard InChI is InChI=1S/C19H19F3N4O2/c1-13-9-15(11-23-10-13)18(28)26-6-2-5-25(7-8-26)17(27)14-3-4-16(24-12-14)19(20,21)22/h3-4,9-12H,2,5-8H2,1H3. The van der Waals surface area contributed by atoms with Crippen LogP contribution in [0.15, 0.2) is 36.8 Å². The van der Waals surface area contributed by atoms with E-state index in [1.54, 1.807) is 17.2 Å². The molecule has 9 heteroatoms. The van der Waals surface area contributed by atoms with Crippen molar-refractivity contribution in [2.45, 2.75) is 19.5 Å². The van der Waals surface area contributed by atoms with Crippen LogP contribution in [0.1, 0.15) is 38.4 Å². The largest absolute Gasteiger partial charge is 0.433 e. The van der Waals surface area contributed by atoms with Crippen LogP contribution in [0.5, 0.6) is 0 Å². The van der Waals surface area contributed by atoms with Crippen molar-refractivity contribution in [1.29, 1.82) is 0 Å². The molecule has 3 rings (SSSR count). The molecule has 1 fully saturated rings. The highest BCUT2D eigenvalue weighted by Crippen LogP contribution is 2.27. The lowest BCUT2D eigenvalue weighted by Crippen LogP contribution is -2.37. The van der Waals surface area contributed by atoms with Gasteiger partial charge in [0.15, 0.2) is 0 Å². The molecule has 0 bridgehead atoms. The van der Waals surface area contributed by atoms with Crippen LogP contribution in [0.25, 0.3) is 0 Å². The number of halogens is 3. The van der Waals surface area contributed by atoms with Gasteiger partial charge in [-0.25, -0.2) is 0 Å². The van der Waals surface area contributed by atoms with Gasteiger partial charge in [-0.3, -0.25) is 19.6 Å². The van der Waals surface area contributed by atoms with E-state index in [4.69, 9.17) is 0 Å². The molecule has 6 nitrogen and oxygen atoms in total. The Morgan fingerprint density at radius 1 is 0.929 bits per heavy atom. The van der Waals surface area contributed by atoms with Gasteiger partial charge in [0.2, 0.25) is 0 Å². The van der Waals surface area contributed by atoms with Gasteiger partial charge in [-0.05, 0) is 37.1 Å². The summed E-state index contributed by atoms with van der Waals surface area (Å²) in [6.45, 7) is 3.39. The Kier molecular flexibility index (Phi) is 5.62. The van der Waals surface area contributed by atoms with Crippen LogP contribution in [0.4, 0.5) is 13.2 Å². The highest BCUT2D eigenvalue weighted by molar-refractivity contribution is 5.95. The van der Waals surface area contributed by atoms with Gasteiger partial charge in [0, 0.05) is 44.8 Å². The number of nitrogens with zero attached hydrogens (tertiary/aromatic N) is 4. The summed E-state index contributed by atoms with van der Waals surface area (Å²) in [7, 11) is 0. The first kappa shape index (κ1) is 19.8. The summed E-state index contributed by atoms with van der Waals surface area (Å²) in [6.07, 6.45) is 0.145. The third-order valence-electron chi connectivity index (χ3n) is 4.49. The number of alkyl halides is 3. The van der Waals surface area contributed by atoms with Crippen molar-refractivity contribution in [2.24, 2.45) is 0 Å². The third-order valence-corrected chi connectivity index (χ3v) is 4.49. The predicted molar refractivity (Wildman–Crippen MR) is 94.6 cm³/mol. The van der Waals surface area contributed by atoms with Crippen LogP contribution >= 0.6 is 0 Å². The molecule has 2 aromatic heterocycles. The molecule has 1 aliphatic rings. The monoisotopic (exact) mass is 392 g/mol. The Bertz CT molecular complexity index is 868. The minimum atomic E-state index is -4.55. The molecule has 0 radical (unpaired) electrons. The van der Waals surface area contributed by atoms with Crippen LogP contribution < -0.4 is 0 Å². The smallest absolute Gasteiger partial charge is 0.337 e. The van der Waals surface area contributed by atoms with Gasteiger partial charge in [0.05, 0.1) is 11.1 Å². The maximum atomic E-state index is 12.6. The number of rotatable bonds is 2. The molecule has 1 aliphatic heterocycles. The SMILES string of the molecule is Cc1cncc(C(=O)N2CCCN(C(=O)c3ccc(C(F)(F)F)nc3)CC2)c1. The van der Waals surface area contributed by atoms with Gasteiger partial charge in [-0.15, -0.1) is 0 Å². The molecule has 0 aliphatic carbocycles. The second-order valence-electron chi connectivity index (χ2n) is 6.62. The Morgan fingerprint density at radius 2 is 1.57 bits per heavy atom. The Balaban J connectivity index is 1.66. The quantitative estimate of drug-likeness (QED) is 0.788. The minimum absolute atomic E-state index is 0.0932. The molecule has 0 N–H and O–H groups in total. The van der Waals surface area contributed by atoms with E-state index >= 15 is 0 Å². The number of carbonyl (C=O) groups is 2. The topological polar surface area (TPSA) is 66.4 Å². The zero-order valence-corrected chi connectivity index (χ0v) is 15.2. The molecular weight excluding hydrogens is 373 g/mol. The maximum absolute atomic E-state index is 12.6. The van der Waals surface area contributed by atoms with Crippen LogP contribution in [-0.4, -0.2) is 57.8 Å². The molecule has 0 aromatic carbocycles. The van der Waals surface area contributed by atoms with E-state index in [0.29, 0.717) is 38.2 Å². The lowest BCUT2D eigenvalue weighted by atomic mass is 10.2. The van der Waals surface area contributed by atoms with Crippen molar-refractivity contribution in [3.05, 3.63) is 59.2 Å². The zero-order valence-electron chi connectivity index (χ0n) is 15.2. The van der Waals surface area contributed by atoms with Gasteiger partial charge in [0.1, 0.15) is 5.69 Å². The molecule has 2 amide bonds. The molecule has 2 aromatic rings. The highest BCUT2D eigenvalue weighted by atomic mass is 19.4. The minimum Gasteiger partial charge on any atom is -0.337 e. The normalized spacial score (nSPS) is 15.3. The predicted octanol–water partition coefficient (Wildman–Crippen LogP) is 2.79. The average molecular weight is 392 g/mol. The van der Waals surface area contributed by atoms with E-state index in [2.05, 4.69) is 9.97 Å². The lowest BCUT2D eigenvalue weighted by Gasteiger charge is -2.22. The highest BCUT2D eigenvalue weighted by Gasteiger charge is 2.32. The first-order valence-corrected chi connectivity index (χ1v) is 8.79. The van der Waals surface area contributed by atoms with Crippen molar-refractivity contribution in [1.82, 2.24) is 19.8 Å². The number of carbonyl (C=O) groups excluding carboxylic acids is 2. The van der Waals surface area contributed by atoms with Crippen molar-refractivity contribution in [3.63, 3.8) is 0 Å². The fourth-order valence-corrected chi connectivity index (χ4v) is 3.05. The number of aromatic nitrogens is 2. The fraction of sp³-hybridized carbons (Fsp3) is 0.368. The van der Waals surface area contributed by atoms with Crippen LogP contribution in [-0.2, 0) is 6.18 Å². The maximum Gasteiger partial charge on any atom is 0.433 e. The summed E-state index contributed by atoms with van der Waals surface area (Å²) in [4.78, 5) is 35.8. The summed E-state index contributed by atoms with van der Waals surface area (Å²) in [5.41, 5.74) is 0.429. The summed E-state index contributed by atoms with van der Waals surface area (Å²) in [6, 6.07) is 3.69. The summed E-state index contributed by atoms with van der Waals surface area (Å²) in [5, 5.41) is 0. The molecule has 0 saturated carbocycles. The number of pyridine rings is 2. The second kappa shape index (κ2) is 7.95. The van der Waals surface area contributed by atoms with Gasteiger partial charge >= 0.3 is 6.18 Å². The van der Waals surface area contributed by atoms with E-state index < -0.39 is 17.8 Å². The first-order valence-electron chi connectivity index (χ1n) is 8.79. The number of amides is 2. The molecule has 0 unspecified atom stereocenters. The third kappa shape index (κ3) is 4.47. The van der Waals surface area contributed by atoms with Gasteiger partial charge < -0.3 is 9.80 Å². The fourth-order valence-electron chi connectivity index (χ4n) is 3.05. The van der Waals surface area contributed by atoms with E-state index in [1.165, 1.54) is 11.1 Å². The second-order valence-corrected chi connectivity index (χ2v) is 6.62. The Morgan fingerprint density at radius 3 is 2.11 bits per heavy atom. The van der Waals surface area contributed by atoms with Gasteiger partial charge in [-0.1, -0.05) is 0 Å². The summed E-state index contributed by atoms with van der Waals surface area (Å²) < 4.78 is 37.8. The van der Waals surface area contributed by atoms with Crippen molar-refractivity contribution >= 4 is 11.8 Å². The zero-order chi connectivity index (χ0) is 20.3. The van der Waals surface area contributed by atoms with E-state index in [9.17, 15) is 22.8 Å². The first-order chi connectivity index (χ1) is 13.3. The number of hydrogen-bond acceptors (Lipinski definition) is 4. The molecular formula is C19H19F3N4O2. The molecule has 148 valence electrons.